The molecule has 0 aromatic carbocycles. The summed E-state index contributed by atoms with van der Waals surface area (Å²) in [4.78, 5) is 33.6. The molecule has 0 radical (unpaired) electrons. The third-order valence-corrected chi connectivity index (χ3v) is 7.25. The molecule has 2 amide bonds. The van der Waals surface area contributed by atoms with Crippen LogP contribution in [0.25, 0.3) is 0 Å². The molecule has 33 heavy (non-hydrogen) atoms. The summed E-state index contributed by atoms with van der Waals surface area (Å²) < 4.78 is 0. The lowest BCUT2D eigenvalue weighted by atomic mass is 10.00. The molecule has 0 aliphatic carbocycles. The molecular weight excluding hydrogens is 479 g/mol. The van der Waals surface area contributed by atoms with Gasteiger partial charge in [-0.3, -0.25) is 9.59 Å². The van der Waals surface area contributed by atoms with E-state index in [0.29, 0.717) is 36.7 Å². The minimum Gasteiger partial charge on any atom is -0.352 e. The van der Waals surface area contributed by atoms with Crippen LogP contribution in [0.1, 0.15) is 62.4 Å². The lowest BCUT2D eigenvalue weighted by Gasteiger charge is -2.41. The third kappa shape index (κ3) is 8.16. The summed E-state index contributed by atoms with van der Waals surface area (Å²) in [5.41, 5.74) is 2.31. The number of nitrogens with zero attached hydrogens (tertiary/aromatic N) is 3. The van der Waals surface area contributed by atoms with Gasteiger partial charge in [-0.25, -0.2) is 4.98 Å². The lowest BCUT2D eigenvalue weighted by Crippen LogP contribution is -2.50. The van der Waals surface area contributed by atoms with Gasteiger partial charge >= 0.3 is 0 Å². The average molecular weight is 516 g/mol. The first-order chi connectivity index (χ1) is 15.7. The van der Waals surface area contributed by atoms with E-state index < -0.39 is 0 Å². The fourth-order valence-electron chi connectivity index (χ4n) is 4.30. The Kier molecular flexibility index (Phi) is 11.5. The molecule has 1 fully saturated rings. The van der Waals surface area contributed by atoms with E-state index in [1.54, 1.807) is 24.8 Å². The lowest BCUT2D eigenvalue weighted by molar-refractivity contribution is -0.133. The summed E-state index contributed by atoms with van der Waals surface area (Å²) in [6.45, 7) is 11.2. The first-order valence-electron chi connectivity index (χ1n) is 11.5. The molecule has 1 N–H and O–H groups in total. The maximum absolute atomic E-state index is 12.6. The summed E-state index contributed by atoms with van der Waals surface area (Å²) >= 11 is 13.7. The van der Waals surface area contributed by atoms with Gasteiger partial charge in [0.1, 0.15) is 10.3 Å². The molecule has 6 nitrogen and oxygen atoms in total. The van der Waals surface area contributed by atoms with E-state index in [9.17, 15) is 9.59 Å². The number of piperidine rings is 1. The summed E-state index contributed by atoms with van der Waals surface area (Å²) in [6.07, 6.45) is 5.36. The Labute approximate surface area is 212 Å². The molecule has 1 aromatic heterocycles. The molecule has 1 aliphatic rings. The quantitative estimate of drug-likeness (QED) is 0.436. The molecule has 184 valence electrons. The Balaban J connectivity index is 1.85. The van der Waals surface area contributed by atoms with Gasteiger partial charge in [-0.1, -0.05) is 30.1 Å². The van der Waals surface area contributed by atoms with Crippen LogP contribution >= 0.6 is 35.0 Å². The summed E-state index contributed by atoms with van der Waals surface area (Å²) in [6, 6.07) is 2.26. The van der Waals surface area contributed by atoms with Gasteiger partial charge in [0, 0.05) is 44.7 Å². The molecule has 0 unspecified atom stereocenters. The van der Waals surface area contributed by atoms with Crippen molar-refractivity contribution >= 4 is 46.8 Å². The van der Waals surface area contributed by atoms with Crippen molar-refractivity contribution in [2.75, 3.05) is 32.4 Å². The molecule has 1 atom stereocenters. The Bertz CT molecular complexity index is 834. The number of hydrogen-bond donors (Lipinski definition) is 1. The molecule has 0 spiro atoms. The van der Waals surface area contributed by atoms with Crippen molar-refractivity contribution in [3.63, 3.8) is 0 Å². The highest BCUT2D eigenvalue weighted by Crippen LogP contribution is 2.23. The Morgan fingerprint density at radius 2 is 2.03 bits per heavy atom. The van der Waals surface area contributed by atoms with E-state index in [1.807, 2.05) is 13.2 Å². The first-order valence-corrected chi connectivity index (χ1v) is 13.5. The molecule has 1 aliphatic heterocycles. The van der Waals surface area contributed by atoms with Crippen molar-refractivity contribution in [2.24, 2.45) is 0 Å². The summed E-state index contributed by atoms with van der Waals surface area (Å²) in [7, 11) is 0. The Morgan fingerprint density at radius 1 is 1.36 bits per heavy atom. The van der Waals surface area contributed by atoms with Crippen molar-refractivity contribution in [1.29, 1.82) is 0 Å². The summed E-state index contributed by atoms with van der Waals surface area (Å²) in [5.74, 6) is -0.00123. The molecule has 2 heterocycles. The maximum atomic E-state index is 12.6. The SMILES string of the molecule is CCC(=O)N(C/C(C)=C/SC)C1CCN([C@H](C)CCNC(=O)c2c(C)cc(Cl)nc2Cl)CC1. The number of carbonyl (C=O) groups excluding carboxylic acids is 2. The van der Waals surface area contributed by atoms with Crippen molar-refractivity contribution in [3.8, 4) is 0 Å². The van der Waals surface area contributed by atoms with Gasteiger partial charge in [0.2, 0.25) is 5.91 Å². The van der Waals surface area contributed by atoms with E-state index in [-0.39, 0.29) is 28.2 Å². The van der Waals surface area contributed by atoms with Crippen LogP contribution in [-0.2, 0) is 4.79 Å². The zero-order valence-corrected chi connectivity index (χ0v) is 22.6. The average Bonchev–Trinajstić information content (AvgIpc) is 2.76. The third-order valence-electron chi connectivity index (χ3n) is 6.14. The number of aryl methyl sites for hydroxylation is 1. The van der Waals surface area contributed by atoms with Gasteiger partial charge in [-0.05, 0) is 68.9 Å². The van der Waals surface area contributed by atoms with Crippen LogP contribution in [0.3, 0.4) is 0 Å². The van der Waals surface area contributed by atoms with Crippen LogP contribution < -0.4 is 5.32 Å². The number of hydrogen-bond acceptors (Lipinski definition) is 5. The molecular formula is C24H36Cl2N4O2S. The van der Waals surface area contributed by atoms with Crippen LogP contribution in [0.4, 0.5) is 0 Å². The number of thioether (sulfide) groups is 1. The monoisotopic (exact) mass is 514 g/mol. The van der Waals surface area contributed by atoms with Gasteiger partial charge < -0.3 is 15.1 Å². The largest absolute Gasteiger partial charge is 0.352 e. The van der Waals surface area contributed by atoms with Crippen molar-refractivity contribution in [3.05, 3.63) is 38.5 Å². The highest BCUT2D eigenvalue weighted by molar-refractivity contribution is 8.01. The predicted octanol–water partition coefficient (Wildman–Crippen LogP) is 5.18. The molecule has 1 saturated heterocycles. The topological polar surface area (TPSA) is 65.5 Å². The Morgan fingerprint density at radius 3 is 2.61 bits per heavy atom. The zero-order chi connectivity index (χ0) is 24.5. The van der Waals surface area contributed by atoms with E-state index in [0.717, 1.165) is 32.4 Å². The number of nitrogens with one attached hydrogen (secondary N) is 1. The molecule has 1 aromatic rings. The maximum Gasteiger partial charge on any atom is 0.254 e. The van der Waals surface area contributed by atoms with Crippen molar-refractivity contribution in [1.82, 2.24) is 20.1 Å². The number of aromatic nitrogens is 1. The van der Waals surface area contributed by atoms with Gasteiger partial charge in [0.25, 0.3) is 5.91 Å². The van der Waals surface area contributed by atoms with E-state index >= 15 is 0 Å². The molecule has 2 rings (SSSR count). The number of likely N-dealkylation sites (tertiary alicyclic amines) is 1. The zero-order valence-electron chi connectivity index (χ0n) is 20.3. The normalized spacial score (nSPS) is 16.5. The van der Waals surface area contributed by atoms with E-state index in [4.69, 9.17) is 23.2 Å². The second kappa shape index (κ2) is 13.6. The van der Waals surface area contributed by atoms with Gasteiger partial charge in [0.05, 0.1) is 5.56 Å². The second-order valence-corrected chi connectivity index (χ2v) is 10.1. The van der Waals surface area contributed by atoms with Crippen LogP contribution in [0.15, 0.2) is 17.0 Å². The van der Waals surface area contributed by atoms with Gasteiger partial charge in [-0.2, -0.15) is 0 Å². The van der Waals surface area contributed by atoms with Crippen molar-refractivity contribution in [2.45, 2.75) is 65.5 Å². The number of halogens is 2. The van der Waals surface area contributed by atoms with Crippen LogP contribution in [-0.4, -0.2) is 71.1 Å². The number of pyridine rings is 1. The number of rotatable bonds is 10. The fourth-order valence-corrected chi connectivity index (χ4v) is 5.40. The predicted molar refractivity (Wildman–Crippen MR) is 139 cm³/mol. The van der Waals surface area contributed by atoms with Crippen LogP contribution in [0, 0.1) is 6.92 Å². The first kappa shape index (κ1) is 28.0. The van der Waals surface area contributed by atoms with Gasteiger partial charge in [0.15, 0.2) is 0 Å². The van der Waals surface area contributed by atoms with Gasteiger partial charge in [-0.15, -0.1) is 11.8 Å². The van der Waals surface area contributed by atoms with Crippen LogP contribution in [0.5, 0.6) is 0 Å². The Hall–Kier alpha value is -1.28. The smallest absolute Gasteiger partial charge is 0.254 e. The minimum absolute atomic E-state index is 0.126. The molecule has 0 saturated carbocycles. The van der Waals surface area contributed by atoms with E-state index in [1.165, 1.54) is 5.57 Å². The fraction of sp³-hybridized carbons (Fsp3) is 0.625. The number of carbonyl (C=O) groups is 2. The minimum atomic E-state index is -0.227. The van der Waals surface area contributed by atoms with Crippen LogP contribution in [0.2, 0.25) is 10.3 Å². The van der Waals surface area contributed by atoms with E-state index in [2.05, 4.69) is 39.4 Å². The molecule has 0 bridgehead atoms. The standard InChI is InChI=1S/C24H36Cl2N4O2S/c1-6-21(31)30(14-16(2)15-33-5)19-8-11-29(12-9-19)18(4)7-10-27-24(32)22-17(3)13-20(25)28-23(22)26/h13,15,18-19H,6-12,14H2,1-5H3,(H,27,32)/b16-15+/t18-/m1/s1. The molecule has 9 heteroatoms. The highest BCUT2D eigenvalue weighted by atomic mass is 35.5. The number of amides is 2. The van der Waals surface area contributed by atoms with Crippen molar-refractivity contribution < 1.29 is 9.59 Å². The highest BCUT2D eigenvalue weighted by Gasteiger charge is 2.29. The summed E-state index contributed by atoms with van der Waals surface area (Å²) in [5, 5.41) is 5.48. The second-order valence-electron chi connectivity index (χ2n) is 8.66.